The molecular weight excluding hydrogens is 537 g/mol. The quantitative estimate of drug-likeness (QED) is 0.326. The molecule has 0 aliphatic heterocycles. The Balaban J connectivity index is 1.64. The summed E-state index contributed by atoms with van der Waals surface area (Å²) in [6.45, 7) is 1.69. The van der Waals surface area contributed by atoms with E-state index in [0.717, 1.165) is 6.07 Å². The van der Waals surface area contributed by atoms with Crippen molar-refractivity contribution in [3.8, 4) is 23.0 Å². The Bertz CT molecular complexity index is 1260. The average molecular weight is 565 g/mol. The zero-order valence-corrected chi connectivity index (χ0v) is 22.2. The third-order valence-corrected chi connectivity index (χ3v) is 6.14. The first-order valence-electron chi connectivity index (χ1n) is 11.6. The number of methoxy groups -OCH3 is 1. The van der Waals surface area contributed by atoms with Gasteiger partial charge in [0.05, 0.1) is 19.5 Å². The van der Waals surface area contributed by atoms with Crippen molar-refractivity contribution in [1.82, 2.24) is 20.6 Å². The van der Waals surface area contributed by atoms with Crippen LogP contribution < -0.4 is 24.8 Å². The first kappa shape index (κ1) is 29.6. The summed E-state index contributed by atoms with van der Waals surface area (Å²) in [4.78, 5) is 33.0. The van der Waals surface area contributed by atoms with E-state index in [0.29, 0.717) is 17.7 Å². The molecule has 208 valence electrons. The van der Waals surface area contributed by atoms with Gasteiger partial charge in [-0.1, -0.05) is 12.1 Å². The molecule has 1 atom stereocenters. The van der Waals surface area contributed by atoms with E-state index < -0.39 is 29.3 Å². The van der Waals surface area contributed by atoms with E-state index >= 15 is 0 Å². The first-order chi connectivity index (χ1) is 18.5. The van der Waals surface area contributed by atoms with Crippen LogP contribution in [0.4, 0.5) is 18.0 Å². The number of benzene rings is 2. The van der Waals surface area contributed by atoms with Gasteiger partial charge in [-0.3, -0.25) is 4.79 Å². The summed E-state index contributed by atoms with van der Waals surface area (Å²) in [6, 6.07) is 9.65. The summed E-state index contributed by atoms with van der Waals surface area (Å²) in [5.74, 6) is 0.153. The summed E-state index contributed by atoms with van der Waals surface area (Å²) in [5, 5.41) is 5.39. The van der Waals surface area contributed by atoms with Gasteiger partial charge in [0.2, 0.25) is 5.91 Å². The summed E-state index contributed by atoms with van der Waals surface area (Å²) in [6.07, 6.45) is 0.670. The van der Waals surface area contributed by atoms with Crippen LogP contribution in [0.3, 0.4) is 0 Å². The van der Waals surface area contributed by atoms with Gasteiger partial charge >= 0.3 is 12.3 Å². The van der Waals surface area contributed by atoms with Crippen molar-refractivity contribution in [2.45, 2.75) is 31.6 Å². The largest absolute Gasteiger partial charge is 0.497 e. The number of rotatable bonds is 11. The highest BCUT2D eigenvalue weighted by Gasteiger charge is 2.36. The molecule has 2 N–H and O–H groups in total. The molecule has 3 aromatic rings. The summed E-state index contributed by atoms with van der Waals surface area (Å²) < 4.78 is 55.9. The molecule has 39 heavy (non-hydrogen) atoms. The van der Waals surface area contributed by atoms with E-state index in [1.807, 2.05) is 6.26 Å². The van der Waals surface area contributed by atoms with Crippen molar-refractivity contribution >= 4 is 23.8 Å². The van der Waals surface area contributed by atoms with Gasteiger partial charge < -0.3 is 24.8 Å². The second-order valence-corrected chi connectivity index (χ2v) is 9.44. The molecule has 13 heteroatoms. The van der Waals surface area contributed by atoms with Gasteiger partial charge in [-0.25, -0.2) is 14.8 Å². The van der Waals surface area contributed by atoms with Gasteiger partial charge in [0.15, 0.2) is 5.75 Å². The molecular formula is C26H27F3N4O5S. The monoisotopic (exact) mass is 564 g/mol. The lowest BCUT2D eigenvalue weighted by molar-refractivity contribution is -0.138. The Morgan fingerprint density at radius 1 is 1.00 bits per heavy atom. The number of aromatic nitrogens is 2. The van der Waals surface area contributed by atoms with Gasteiger partial charge in [-0.05, 0) is 61.2 Å². The molecule has 3 rings (SSSR count). The molecule has 0 aliphatic rings. The Labute approximate surface area is 227 Å². The minimum absolute atomic E-state index is 0.0575. The van der Waals surface area contributed by atoms with Gasteiger partial charge in [0.1, 0.15) is 34.7 Å². The van der Waals surface area contributed by atoms with Crippen LogP contribution in [0.25, 0.3) is 0 Å². The van der Waals surface area contributed by atoms with Crippen molar-refractivity contribution in [2.75, 3.05) is 19.1 Å². The van der Waals surface area contributed by atoms with Gasteiger partial charge in [-0.2, -0.15) is 24.9 Å². The minimum atomic E-state index is -4.63. The molecule has 2 aromatic carbocycles. The predicted molar refractivity (Wildman–Crippen MR) is 139 cm³/mol. The van der Waals surface area contributed by atoms with Crippen molar-refractivity contribution < 1.29 is 37.0 Å². The van der Waals surface area contributed by atoms with Crippen molar-refractivity contribution in [2.24, 2.45) is 0 Å². The lowest BCUT2D eigenvalue weighted by Crippen LogP contribution is -2.57. The smallest absolute Gasteiger partial charge is 0.420 e. The maximum Gasteiger partial charge on any atom is 0.420 e. The molecule has 1 heterocycles. The molecule has 0 bridgehead atoms. The normalized spacial score (nSPS) is 12.7. The highest BCUT2D eigenvalue weighted by molar-refractivity contribution is 7.98. The molecule has 0 saturated carbocycles. The molecule has 1 unspecified atom stereocenters. The van der Waals surface area contributed by atoms with Gasteiger partial charge in [0, 0.05) is 6.54 Å². The second kappa shape index (κ2) is 13.2. The maximum absolute atomic E-state index is 13.5. The zero-order valence-electron chi connectivity index (χ0n) is 21.4. The molecule has 2 amide bonds. The molecule has 1 aromatic heterocycles. The lowest BCUT2D eigenvalue weighted by atomic mass is 9.97. The fraction of sp³-hybridized carbons (Fsp3) is 0.308. The molecule has 0 radical (unpaired) electrons. The van der Waals surface area contributed by atoms with Crippen LogP contribution in [0.5, 0.6) is 23.0 Å². The van der Waals surface area contributed by atoms with Crippen LogP contribution in [0.15, 0.2) is 61.2 Å². The number of thioether (sulfide) groups is 1. The fourth-order valence-corrected chi connectivity index (χ4v) is 3.97. The van der Waals surface area contributed by atoms with Crippen molar-refractivity contribution in [3.05, 3.63) is 72.3 Å². The third-order valence-electron chi connectivity index (χ3n) is 5.53. The number of nitrogens with one attached hydrogen (secondary N) is 2. The molecule has 0 spiro atoms. The number of nitrogens with zero attached hydrogens (tertiary/aromatic N) is 2. The lowest BCUT2D eigenvalue weighted by Gasteiger charge is -2.29. The summed E-state index contributed by atoms with van der Waals surface area (Å²) >= 11 is 1.51. The van der Waals surface area contributed by atoms with Crippen LogP contribution in [0.2, 0.25) is 0 Å². The highest BCUT2D eigenvalue weighted by Crippen LogP contribution is 2.40. The average Bonchev–Trinajstić information content (AvgIpc) is 2.91. The maximum atomic E-state index is 13.5. The Kier molecular flexibility index (Phi) is 9.99. The number of ether oxygens (including phenoxy) is 3. The Morgan fingerprint density at radius 3 is 2.28 bits per heavy atom. The van der Waals surface area contributed by atoms with Crippen LogP contribution in [0, 0.1) is 0 Å². The number of carbonyl (C=O) groups is 2. The highest BCUT2D eigenvalue weighted by atomic mass is 32.2. The van der Waals surface area contributed by atoms with E-state index in [1.165, 1.54) is 61.9 Å². The topological polar surface area (TPSA) is 112 Å². The zero-order chi connectivity index (χ0) is 28.5. The van der Waals surface area contributed by atoms with Crippen molar-refractivity contribution in [1.29, 1.82) is 0 Å². The number of amides is 2. The van der Waals surface area contributed by atoms with Crippen LogP contribution >= 0.6 is 11.8 Å². The summed E-state index contributed by atoms with van der Waals surface area (Å²) in [5.41, 5.74) is -1.58. The van der Waals surface area contributed by atoms with Crippen LogP contribution in [-0.4, -0.2) is 46.6 Å². The standard InChI is InChI=1S/C26H27F3N4O5S/c1-25(10-11-39-3,33-24(35)38-20-14-30-16-31-15-20)23(34)32-13-17-4-6-18(7-5-17)37-22-9-8-19(36-2)12-21(22)26(27,28)29/h4-9,12,14-16H,10-11,13H2,1-3H3,(H,32,34)(H,33,35). The van der Waals surface area contributed by atoms with E-state index in [1.54, 1.807) is 19.1 Å². The Hall–Kier alpha value is -4.00. The molecule has 0 fully saturated rings. The predicted octanol–water partition coefficient (Wildman–Crippen LogP) is 5.21. The minimum Gasteiger partial charge on any atom is -0.497 e. The first-order valence-corrected chi connectivity index (χ1v) is 13.0. The number of carbonyl (C=O) groups excluding carboxylic acids is 2. The number of alkyl halides is 3. The fourth-order valence-electron chi connectivity index (χ4n) is 3.36. The molecule has 0 saturated heterocycles. The molecule has 0 aliphatic carbocycles. The second-order valence-electron chi connectivity index (χ2n) is 8.45. The SMILES string of the molecule is COc1ccc(Oc2ccc(CNC(=O)C(C)(CCSC)NC(=O)Oc3cncnc3)cc2)c(C(F)(F)F)c1. The van der Waals surface area contributed by atoms with E-state index in [-0.39, 0.29) is 29.5 Å². The number of hydrogen-bond acceptors (Lipinski definition) is 8. The van der Waals surface area contributed by atoms with Gasteiger partial charge in [-0.15, -0.1) is 0 Å². The van der Waals surface area contributed by atoms with E-state index in [4.69, 9.17) is 14.2 Å². The van der Waals surface area contributed by atoms with Crippen LogP contribution in [-0.2, 0) is 17.5 Å². The van der Waals surface area contributed by atoms with Crippen LogP contribution in [0.1, 0.15) is 24.5 Å². The third kappa shape index (κ3) is 8.50. The van der Waals surface area contributed by atoms with E-state index in [9.17, 15) is 22.8 Å². The van der Waals surface area contributed by atoms with Gasteiger partial charge in [0.25, 0.3) is 0 Å². The summed E-state index contributed by atoms with van der Waals surface area (Å²) in [7, 11) is 1.28. The number of hydrogen-bond donors (Lipinski definition) is 2. The Morgan fingerprint density at radius 2 is 1.67 bits per heavy atom. The molecule has 9 nitrogen and oxygen atoms in total. The van der Waals surface area contributed by atoms with E-state index in [2.05, 4.69) is 20.6 Å². The van der Waals surface area contributed by atoms with Crippen molar-refractivity contribution in [3.63, 3.8) is 0 Å². The number of halogens is 3.